The van der Waals surface area contributed by atoms with Crippen molar-refractivity contribution >= 4 is 11.7 Å². The zero-order valence-corrected chi connectivity index (χ0v) is 10.2. The van der Waals surface area contributed by atoms with Gasteiger partial charge in [0.2, 0.25) is 0 Å². The van der Waals surface area contributed by atoms with Crippen molar-refractivity contribution < 1.29 is 22.7 Å². The van der Waals surface area contributed by atoms with Gasteiger partial charge in [-0.2, -0.15) is 18.3 Å². The Hall–Kier alpha value is -1.73. The first-order valence-corrected chi connectivity index (χ1v) is 5.11. The predicted molar refractivity (Wildman–Crippen MR) is 57.5 cm³/mol. The molecule has 0 unspecified atom stereocenters. The molecule has 0 aromatic carbocycles. The molecule has 8 heteroatoms. The Balaban J connectivity index is 2.79. The SMILES string of the molecule is CC(C)(C)OC(=O)Cn1cc(N)c(C(F)(F)F)n1. The first-order valence-electron chi connectivity index (χ1n) is 5.11. The van der Waals surface area contributed by atoms with E-state index in [1.807, 2.05) is 0 Å². The number of anilines is 1. The quantitative estimate of drug-likeness (QED) is 0.828. The Bertz CT molecular complexity index is 446. The Kier molecular flexibility index (Phi) is 3.59. The van der Waals surface area contributed by atoms with Crippen molar-refractivity contribution in [3.8, 4) is 0 Å². The average Bonchev–Trinajstić information content (AvgIpc) is 2.41. The number of esters is 1. The largest absolute Gasteiger partial charge is 0.459 e. The second kappa shape index (κ2) is 4.51. The first-order chi connectivity index (χ1) is 7.99. The summed E-state index contributed by atoms with van der Waals surface area (Å²) in [5.41, 5.74) is 2.74. The minimum Gasteiger partial charge on any atom is -0.459 e. The average molecular weight is 265 g/mol. The number of carbonyl (C=O) groups excluding carboxylic acids is 1. The van der Waals surface area contributed by atoms with Crippen LogP contribution in [0.4, 0.5) is 18.9 Å². The number of nitrogen functional groups attached to an aromatic ring is 1. The molecular formula is C10H14F3N3O2. The fourth-order valence-electron chi connectivity index (χ4n) is 1.24. The van der Waals surface area contributed by atoms with Crippen LogP contribution in [-0.2, 0) is 22.3 Å². The van der Waals surface area contributed by atoms with Crippen molar-refractivity contribution in [3.63, 3.8) is 0 Å². The second-order valence-corrected chi connectivity index (χ2v) is 4.71. The molecule has 2 N–H and O–H groups in total. The Morgan fingerprint density at radius 3 is 2.39 bits per heavy atom. The van der Waals surface area contributed by atoms with E-state index in [0.717, 1.165) is 10.9 Å². The van der Waals surface area contributed by atoms with E-state index in [2.05, 4.69) is 5.10 Å². The number of nitrogens with two attached hydrogens (primary N) is 1. The molecule has 1 rings (SSSR count). The number of nitrogens with zero attached hydrogens (tertiary/aromatic N) is 2. The fourth-order valence-corrected chi connectivity index (χ4v) is 1.24. The summed E-state index contributed by atoms with van der Waals surface area (Å²) in [6.45, 7) is 4.55. The molecule has 0 saturated carbocycles. The highest BCUT2D eigenvalue weighted by Crippen LogP contribution is 2.31. The van der Waals surface area contributed by atoms with Gasteiger partial charge in [0.05, 0.1) is 5.69 Å². The molecule has 0 aliphatic rings. The molecule has 0 aliphatic heterocycles. The van der Waals surface area contributed by atoms with Crippen molar-refractivity contribution in [1.82, 2.24) is 9.78 Å². The monoisotopic (exact) mass is 265 g/mol. The highest BCUT2D eigenvalue weighted by atomic mass is 19.4. The third kappa shape index (κ3) is 3.94. The molecule has 0 saturated heterocycles. The zero-order chi connectivity index (χ0) is 14.1. The smallest absolute Gasteiger partial charge is 0.437 e. The molecular weight excluding hydrogens is 251 g/mol. The van der Waals surface area contributed by atoms with Gasteiger partial charge in [-0.05, 0) is 20.8 Å². The number of halogens is 3. The van der Waals surface area contributed by atoms with Gasteiger partial charge < -0.3 is 10.5 Å². The van der Waals surface area contributed by atoms with E-state index in [1.54, 1.807) is 20.8 Å². The molecule has 0 fully saturated rings. The van der Waals surface area contributed by atoms with Crippen molar-refractivity contribution in [1.29, 1.82) is 0 Å². The number of carbonyl (C=O) groups is 1. The predicted octanol–water partition coefficient (Wildman–Crippen LogP) is 1.83. The van der Waals surface area contributed by atoms with Crippen molar-refractivity contribution in [2.75, 3.05) is 5.73 Å². The van der Waals surface area contributed by atoms with Gasteiger partial charge in [0.25, 0.3) is 0 Å². The van der Waals surface area contributed by atoms with Gasteiger partial charge in [-0.25, -0.2) is 0 Å². The Morgan fingerprint density at radius 1 is 1.44 bits per heavy atom. The van der Waals surface area contributed by atoms with Gasteiger partial charge in [-0.1, -0.05) is 0 Å². The van der Waals surface area contributed by atoms with Crippen LogP contribution in [-0.4, -0.2) is 21.4 Å². The van der Waals surface area contributed by atoms with E-state index in [-0.39, 0.29) is 0 Å². The van der Waals surface area contributed by atoms with Gasteiger partial charge in [0.15, 0.2) is 5.69 Å². The summed E-state index contributed by atoms with van der Waals surface area (Å²) >= 11 is 0. The maximum atomic E-state index is 12.4. The molecule has 18 heavy (non-hydrogen) atoms. The van der Waals surface area contributed by atoms with Gasteiger partial charge in [0.1, 0.15) is 12.1 Å². The van der Waals surface area contributed by atoms with Crippen LogP contribution in [0.2, 0.25) is 0 Å². The number of ether oxygens (including phenoxy) is 1. The topological polar surface area (TPSA) is 70.1 Å². The van der Waals surface area contributed by atoms with Crippen LogP contribution in [0.15, 0.2) is 6.20 Å². The Morgan fingerprint density at radius 2 is 2.00 bits per heavy atom. The van der Waals surface area contributed by atoms with Gasteiger partial charge in [-0.15, -0.1) is 0 Å². The lowest BCUT2D eigenvalue weighted by Gasteiger charge is -2.19. The summed E-state index contributed by atoms with van der Waals surface area (Å²) < 4.78 is 43.0. The second-order valence-electron chi connectivity index (χ2n) is 4.71. The van der Waals surface area contributed by atoms with Gasteiger partial charge in [-0.3, -0.25) is 9.48 Å². The molecule has 0 bridgehead atoms. The highest BCUT2D eigenvalue weighted by Gasteiger charge is 2.36. The molecule has 1 aromatic rings. The lowest BCUT2D eigenvalue weighted by Crippen LogP contribution is -2.26. The van der Waals surface area contributed by atoms with Crippen LogP contribution in [0, 0.1) is 0 Å². The summed E-state index contributed by atoms with van der Waals surface area (Å²) in [5.74, 6) is -0.682. The van der Waals surface area contributed by atoms with E-state index < -0.39 is 35.7 Å². The minimum atomic E-state index is -4.64. The lowest BCUT2D eigenvalue weighted by atomic mass is 10.2. The molecule has 0 aliphatic carbocycles. The van der Waals surface area contributed by atoms with Crippen molar-refractivity contribution in [3.05, 3.63) is 11.9 Å². The lowest BCUT2D eigenvalue weighted by molar-refractivity contribution is -0.156. The summed E-state index contributed by atoms with van der Waals surface area (Å²) in [6, 6.07) is 0. The van der Waals surface area contributed by atoms with Crippen LogP contribution in [0.25, 0.3) is 0 Å². The summed E-state index contributed by atoms with van der Waals surface area (Å²) in [5, 5.41) is 3.22. The highest BCUT2D eigenvalue weighted by molar-refractivity contribution is 5.69. The molecule has 102 valence electrons. The zero-order valence-electron chi connectivity index (χ0n) is 10.2. The van der Waals surface area contributed by atoms with Gasteiger partial charge >= 0.3 is 12.1 Å². The number of rotatable bonds is 2. The van der Waals surface area contributed by atoms with Crippen LogP contribution in [0.1, 0.15) is 26.5 Å². The van der Waals surface area contributed by atoms with E-state index >= 15 is 0 Å². The first kappa shape index (κ1) is 14.3. The third-order valence-electron chi connectivity index (χ3n) is 1.77. The molecule has 0 spiro atoms. The van der Waals surface area contributed by atoms with E-state index in [9.17, 15) is 18.0 Å². The number of alkyl halides is 3. The summed E-state index contributed by atoms with van der Waals surface area (Å²) in [6.07, 6.45) is -3.68. The third-order valence-corrected chi connectivity index (χ3v) is 1.77. The summed E-state index contributed by atoms with van der Waals surface area (Å²) in [7, 11) is 0. The normalized spacial score (nSPS) is 12.6. The number of aromatic nitrogens is 2. The van der Waals surface area contributed by atoms with Crippen LogP contribution < -0.4 is 5.73 Å². The molecule has 0 atom stereocenters. The molecule has 5 nitrogen and oxygen atoms in total. The maximum Gasteiger partial charge on any atom is 0.437 e. The van der Waals surface area contributed by atoms with Crippen LogP contribution in [0.5, 0.6) is 0 Å². The van der Waals surface area contributed by atoms with Crippen LogP contribution >= 0.6 is 0 Å². The standard InChI is InChI=1S/C10H14F3N3O2/c1-9(2,3)18-7(17)5-16-4-6(14)8(15-16)10(11,12)13/h4H,5,14H2,1-3H3. The van der Waals surface area contributed by atoms with Crippen molar-refractivity contribution in [2.45, 2.75) is 39.1 Å². The fraction of sp³-hybridized carbons (Fsp3) is 0.600. The Labute approximate surface area is 102 Å². The minimum absolute atomic E-state index is 0.419. The molecule has 1 heterocycles. The molecule has 1 aromatic heterocycles. The van der Waals surface area contributed by atoms with Crippen LogP contribution in [0.3, 0.4) is 0 Å². The van der Waals surface area contributed by atoms with Crippen molar-refractivity contribution in [2.24, 2.45) is 0 Å². The van der Waals surface area contributed by atoms with E-state index in [1.165, 1.54) is 0 Å². The number of hydrogen-bond acceptors (Lipinski definition) is 4. The van der Waals surface area contributed by atoms with E-state index in [0.29, 0.717) is 0 Å². The van der Waals surface area contributed by atoms with Gasteiger partial charge in [0, 0.05) is 6.20 Å². The number of hydrogen-bond donors (Lipinski definition) is 1. The molecule has 0 amide bonds. The maximum absolute atomic E-state index is 12.4. The molecule has 0 radical (unpaired) electrons. The van der Waals surface area contributed by atoms with E-state index in [4.69, 9.17) is 10.5 Å². The summed E-state index contributed by atoms with van der Waals surface area (Å²) in [4.78, 5) is 11.4.